The first-order valence-corrected chi connectivity index (χ1v) is 10.6. The van der Waals surface area contributed by atoms with Crippen molar-refractivity contribution in [1.29, 1.82) is 0 Å². The first-order chi connectivity index (χ1) is 14.0. The molecular weight excluding hydrogens is 370 g/mol. The van der Waals surface area contributed by atoms with Gasteiger partial charge in [-0.15, -0.1) is 0 Å². The van der Waals surface area contributed by atoms with Crippen LogP contribution in [-0.2, 0) is 9.53 Å². The van der Waals surface area contributed by atoms with Crippen LogP contribution in [0.4, 0.5) is 0 Å². The van der Waals surface area contributed by atoms with E-state index in [1.54, 1.807) is 6.07 Å². The summed E-state index contributed by atoms with van der Waals surface area (Å²) in [5.41, 5.74) is 2.31. The van der Waals surface area contributed by atoms with E-state index in [0.717, 1.165) is 50.2 Å². The lowest BCUT2D eigenvalue weighted by Crippen LogP contribution is -2.38. The molecule has 2 saturated heterocycles. The van der Waals surface area contributed by atoms with Gasteiger partial charge in [-0.05, 0) is 52.6 Å². The Morgan fingerprint density at radius 1 is 1.24 bits per heavy atom. The molecule has 2 aromatic rings. The molecule has 8 heteroatoms. The fraction of sp³-hybridized carbons (Fsp3) is 0.667. The number of piperidine rings is 1. The van der Waals surface area contributed by atoms with Crippen LogP contribution in [-0.4, -0.2) is 69.7 Å². The molecule has 29 heavy (non-hydrogen) atoms. The van der Waals surface area contributed by atoms with E-state index in [4.69, 9.17) is 9.72 Å². The van der Waals surface area contributed by atoms with Crippen LogP contribution in [0.25, 0.3) is 5.65 Å². The van der Waals surface area contributed by atoms with E-state index >= 15 is 0 Å². The van der Waals surface area contributed by atoms with Gasteiger partial charge in [-0.2, -0.15) is 0 Å². The molecule has 1 atom stereocenters. The first-order valence-electron chi connectivity index (χ1n) is 10.6. The Hall–Kier alpha value is -2.19. The minimum absolute atomic E-state index is 0.0217. The highest BCUT2D eigenvalue weighted by atomic mass is 16.5. The standard InChI is InChI=1S/C21H31N5O3/c1-14(2)24-9-6-15(7-10-24)16-12-20(27)26-19(22-16)11-17(23-26)18-5-4-8-25(18)21(28)13-29-3/h11-12,14-15,18,23H,4-10,13H2,1-3H3. The molecule has 0 radical (unpaired) electrons. The van der Waals surface area contributed by atoms with Gasteiger partial charge in [0, 0.05) is 37.7 Å². The summed E-state index contributed by atoms with van der Waals surface area (Å²) in [6.07, 6.45) is 3.87. The van der Waals surface area contributed by atoms with Crippen LogP contribution >= 0.6 is 0 Å². The molecule has 1 unspecified atom stereocenters. The maximum Gasteiger partial charge on any atom is 0.272 e. The predicted molar refractivity (Wildman–Crippen MR) is 110 cm³/mol. The summed E-state index contributed by atoms with van der Waals surface area (Å²) in [6, 6.07) is 4.10. The van der Waals surface area contributed by atoms with Crippen molar-refractivity contribution in [1.82, 2.24) is 24.4 Å². The highest BCUT2D eigenvalue weighted by Crippen LogP contribution is 2.32. The summed E-state index contributed by atoms with van der Waals surface area (Å²) < 4.78 is 6.51. The fourth-order valence-corrected chi connectivity index (χ4v) is 4.71. The molecule has 1 N–H and O–H groups in total. The van der Waals surface area contributed by atoms with Crippen molar-refractivity contribution >= 4 is 11.6 Å². The van der Waals surface area contributed by atoms with Crippen LogP contribution in [0.3, 0.4) is 0 Å². The van der Waals surface area contributed by atoms with Gasteiger partial charge < -0.3 is 14.5 Å². The Bertz CT molecular complexity index is 926. The van der Waals surface area contributed by atoms with Gasteiger partial charge in [0.2, 0.25) is 5.91 Å². The Labute approximate surface area is 170 Å². The van der Waals surface area contributed by atoms with Crippen molar-refractivity contribution in [3.05, 3.63) is 33.9 Å². The highest BCUT2D eigenvalue weighted by Gasteiger charge is 2.31. The van der Waals surface area contributed by atoms with Crippen LogP contribution in [0, 0.1) is 0 Å². The van der Waals surface area contributed by atoms with Gasteiger partial charge in [0.05, 0.1) is 17.4 Å². The summed E-state index contributed by atoms with van der Waals surface area (Å²) in [6.45, 7) is 7.32. The molecule has 158 valence electrons. The van der Waals surface area contributed by atoms with Crippen molar-refractivity contribution < 1.29 is 9.53 Å². The van der Waals surface area contributed by atoms with E-state index in [-0.39, 0.29) is 24.1 Å². The summed E-state index contributed by atoms with van der Waals surface area (Å²) in [7, 11) is 1.53. The summed E-state index contributed by atoms with van der Waals surface area (Å²) in [5, 5.41) is 3.18. The SMILES string of the molecule is COCC(=O)N1CCCC1c1cc2nc(C3CCN(C(C)C)CC3)cc(=O)n2[nH]1. The summed E-state index contributed by atoms with van der Waals surface area (Å²) in [4.78, 5) is 34.2. The van der Waals surface area contributed by atoms with Crippen LogP contribution in [0.5, 0.6) is 0 Å². The minimum atomic E-state index is -0.0877. The van der Waals surface area contributed by atoms with Crippen LogP contribution in [0.1, 0.15) is 62.9 Å². The van der Waals surface area contributed by atoms with Crippen molar-refractivity contribution in [2.75, 3.05) is 33.4 Å². The van der Waals surface area contributed by atoms with E-state index in [2.05, 4.69) is 23.8 Å². The molecule has 0 bridgehead atoms. The molecule has 0 aromatic carbocycles. The Kier molecular flexibility index (Phi) is 5.74. The lowest BCUT2D eigenvalue weighted by molar-refractivity contribution is -0.136. The molecule has 2 aliphatic rings. The number of nitrogens with zero attached hydrogens (tertiary/aromatic N) is 4. The Balaban J connectivity index is 1.58. The van der Waals surface area contributed by atoms with Gasteiger partial charge in [0.15, 0.2) is 5.65 Å². The number of rotatable bonds is 5. The predicted octanol–water partition coefficient (Wildman–Crippen LogP) is 1.92. The Morgan fingerprint density at radius 2 is 2.00 bits per heavy atom. The molecule has 2 aliphatic heterocycles. The van der Waals surface area contributed by atoms with Crippen molar-refractivity contribution in [3.8, 4) is 0 Å². The number of methoxy groups -OCH3 is 1. The minimum Gasteiger partial charge on any atom is -0.375 e. The maximum absolute atomic E-state index is 12.7. The number of H-pyrrole nitrogens is 1. The van der Waals surface area contributed by atoms with Crippen molar-refractivity contribution in [2.45, 2.75) is 57.5 Å². The molecule has 4 rings (SSSR count). The lowest BCUT2D eigenvalue weighted by Gasteiger charge is -2.34. The van der Waals surface area contributed by atoms with Gasteiger partial charge in [0.1, 0.15) is 6.61 Å². The monoisotopic (exact) mass is 401 g/mol. The number of aromatic nitrogens is 3. The van der Waals surface area contributed by atoms with Gasteiger partial charge in [-0.25, -0.2) is 9.50 Å². The van der Waals surface area contributed by atoms with Crippen LogP contribution in [0.15, 0.2) is 16.9 Å². The number of ether oxygens (including phenoxy) is 1. The summed E-state index contributed by atoms with van der Waals surface area (Å²) >= 11 is 0. The van der Waals surface area contributed by atoms with Gasteiger partial charge in [-0.1, -0.05) is 0 Å². The van der Waals surface area contributed by atoms with E-state index in [9.17, 15) is 9.59 Å². The van der Waals surface area contributed by atoms with Crippen LogP contribution < -0.4 is 5.56 Å². The number of carbonyl (C=O) groups excluding carboxylic acids is 1. The zero-order chi connectivity index (χ0) is 20.5. The number of hydrogen-bond donors (Lipinski definition) is 1. The number of carbonyl (C=O) groups is 1. The number of nitrogens with one attached hydrogen (secondary N) is 1. The first kappa shape index (κ1) is 20.1. The van der Waals surface area contributed by atoms with Gasteiger partial charge in [0.25, 0.3) is 5.56 Å². The molecule has 0 aliphatic carbocycles. The van der Waals surface area contributed by atoms with Gasteiger partial charge >= 0.3 is 0 Å². The smallest absolute Gasteiger partial charge is 0.272 e. The summed E-state index contributed by atoms with van der Waals surface area (Å²) in [5.74, 6) is 0.305. The topological polar surface area (TPSA) is 82.9 Å². The Morgan fingerprint density at radius 3 is 2.69 bits per heavy atom. The molecule has 1 amide bonds. The second-order valence-electron chi connectivity index (χ2n) is 8.51. The fourth-order valence-electron chi connectivity index (χ4n) is 4.71. The second-order valence-corrected chi connectivity index (χ2v) is 8.51. The zero-order valence-corrected chi connectivity index (χ0v) is 17.6. The van der Waals surface area contributed by atoms with Crippen molar-refractivity contribution in [3.63, 3.8) is 0 Å². The average molecular weight is 402 g/mol. The highest BCUT2D eigenvalue weighted by molar-refractivity contribution is 5.78. The lowest BCUT2D eigenvalue weighted by atomic mass is 9.92. The van der Waals surface area contributed by atoms with E-state index in [1.165, 1.54) is 11.6 Å². The van der Waals surface area contributed by atoms with E-state index < -0.39 is 0 Å². The molecule has 4 heterocycles. The van der Waals surface area contributed by atoms with Crippen LogP contribution in [0.2, 0.25) is 0 Å². The number of aromatic amines is 1. The zero-order valence-electron chi connectivity index (χ0n) is 17.6. The van der Waals surface area contributed by atoms with E-state index in [1.807, 2.05) is 11.0 Å². The third-order valence-corrected chi connectivity index (χ3v) is 6.37. The molecule has 0 spiro atoms. The molecule has 0 saturated carbocycles. The maximum atomic E-state index is 12.7. The number of hydrogen-bond acceptors (Lipinski definition) is 5. The quantitative estimate of drug-likeness (QED) is 0.828. The van der Waals surface area contributed by atoms with Crippen molar-refractivity contribution in [2.24, 2.45) is 0 Å². The number of fused-ring (bicyclic) bond motifs is 1. The largest absolute Gasteiger partial charge is 0.375 e. The molecule has 8 nitrogen and oxygen atoms in total. The average Bonchev–Trinajstić information content (AvgIpc) is 3.35. The molecule has 2 aromatic heterocycles. The number of likely N-dealkylation sites (tertiary alicyclic amines) is 2. The second kappa shape index (κ2) is 8.28. The van der Waals surface area contributed by atoms with E-state index in [0.29, 0.717) is 24.2 Å². The third kappa shape index (κ3) is 3.96. The number of amides is 1. The molecular formula is C21H31N5O3. The molecule has 2 fully saturated rings. The van der Waals surface area contributed by atoms with Gasteiger partial charge in [-0.3, -0.25) is 14.7 Å². The third-order valence-electron chi connectivity index (χ3n) is 6.37. The normalized spacial score (nSPS) is 21.5.